The molecule has 0 spiro atoms. The summed E-state index contributed by atoms with van der Waals surface area (Å²) in [5.74, 6) is -0.205. The van der Waals surface area contributed by atoms with Crippen LogP contribution in [-0.4, -0.2) is 70.7 Å². The van der Waals surface area contributed by atoms with E-state index >= 15 is 0 Å². The number of aryl methyl sites for hydroxylation is 1. The third-order valence-corrected chi connectivity index (χ3v) is 5.76. The Hall–Kier alpha value is -4.32. The Balaban J connectivity index is 1.70. The van der Waals surface area contributed by atoms with Gasteiger partial charge in [0, 0.05) is 62.7 Å². The number of nitro benzene ring substituents is 1. The third-order valence-electron chi connectivity index (χ3n) is 5.76. The van der Waals surface area contributed by atoms with Crippen LogP contribution in [0.3, 0.4) is 0 Å². The number of hydrogen-bond donors (Lipinski definition) is 1. The molecule has 3 heterocycles. The number of hydrogen-bond acceptors (Lipinski definition) is 9. The maximum absolute atomic E-state index is 14.7. The minimum atomic E-state index is -0.617. The van der Waals surface area contributed by atoms with Crippen LogP contribution in [0.1, 0.15) is 0 Å². The molecule has 188 valence electrons. The van der Waals surface area contributed by atoms with E-state index in [0.717, 1.165) is 17.2 Å². The van der Waals surface area contributed by atoms with E-state index in [1.54, 1.807) is 30.3 Å². The molecule has 0 atom stereocenters. The van der Waals surface area contributed by atoms with Crippen molar-refractivity contribution >= 4 is 34.0 Å². The van der Waals surface area contributed by atoms with Gasteiger partial charge in [0.25, 0.3) is 5.69 Å². The van der Waals surface area contributed by atoms with Crippen LogP contribution in [0.5, 0.6) is 5.75 Å². The summed E-state index contributed by atoms with van der Waals surface area (Å²) in [7, 11) is 8.99. The van der Waals surface area contributed by atoms with Crippen molar-refractivity contribution in [1.29, 1.82) is 0 Å². The quantitative estimate of drug-likeness (QED) is 0.274. The number of aromatic nitrogens is 4. The second-order valence-corrected chi connectivity index (χ2v) is 8.60. The number of rotatable bonds is 9. The lowest BCUT2D eigenvalue weighted by atomic mass is 10.1. The number of likely N-dealkylation sites (N-methyl/N-ethyl adjacent to an activating group) is 2. The average molecular weight is 495 g/mol. The van der Waals surface area contributed by atoms with Gasteiger partial charge in [-0.25, -0.2) is 19.3 Å². The molecule has 3 aromatic heterocycles. The minimum Gasteiger partial charge on any atom is -0.494 e. The Labute approximate surface area is 207 Å². The molecule has 0 saturated carbocycles. The summed E-state index contributed by atoms with van der Waals surface area (Å²) < 4.78 is 22.0. The Morgan fingerprint density at radius 1 is 1.17 bits per heavy atom. The molecule has 11 nitrogen and oxygen atoms in total. The van der Waals surface area contributed by atoms with Gasteiger partial charge in [-0.1, -0.05) is 0 Å². The van der Waals surface area contributed by atoms with E-state index in [-0.39, 0.29) is 23.0 Å². The highest BCUT2D eigenvalue weighted by Gasteiger charge is 2.23. The lowest BCUT2D eigenvalue weighted by Gasteiger charge is -2.22. The standard InChI is InChI=1S/C24H27FN8O3/c1-30(2)8-9-31(3)19-12-21(36-5)18(11-20(19)33(34)35)28-24-27-14-17(25)22(29-24)16-10-15-6-7-32(4)23(15)26-13-16/h6-7,10-14H,8-9H2,1-5H3,(H,27,28,29). The fraction of sp³-hybridized carbons (Fsp3) is 0.292. The molecule has 1 N–H and O–H groups in total. The Morgan fingerprint density at radius 2 is 1.94 bits per heavy atom. The normalized spacial score (nSPS) is 11.2. The fourth-order valence-corrected chi connectivity index (χ4v) is 3.78. The third kappa shape index (κ3) is 5.03. The predicted molar refractivity (Wildman–Crippen MR) is 136 cm³/mol. The van der Waals surface area contributed by atoms with Crippen molar-refractivity contribution in [1.82, 2.24) is 24.4 Å². The molecule has 4 aromatic rings. The van der Waals surface area contributed by atoms with E-state index in [1.807, 2.05) is 42.9 Å². The highest BCUT2D eigenvalue weighted by atomic mass is 19.1. The predicted octanol–water partition coefficient (Wildman–Crippen LogP) is 3.83. The van der Waals surface area contributed by atoms with Crippen molar-refractivity contribution in [2.75, 3.05) is 51.6 Å². The number of fused-ring (bicyclic) bond motifs is 1. The summed E-state index contributed by atoms with van der Waals surface area (Å²) >= 11 is 0. The molecule has 4 rings (SSSR count). The summed E-state index contributed by atoms with van der Waals surface area (Å²) in [6, 6.07) is 6.63. The molecule has 0 aliphatic rings. The van der Waals surface area contributed by atoms with Crippen molar-refractivity contribution in [3.63, 3.8) is 0 Å². The van der Waals surface area contributed by atoms with Gasteiger partial charge in [0.2, 0.25) is 5.95 Å². The molecule has 36 heavy (non-hydrogen) atoms. The highest BCUT2D eigenvalue weighted by molar-refractivity contribution is 5.81. The van der Waals surface area contributed by atoms with Gasteiger partial charge in [-0.3, -0.25) is 10.1 Å². The molecule has 0 aliphatic heterocycles. The number of nitrogens with zero attached hydrogens (tertiary/aromatic N) is 7. The van der Waals surface area contributed by atoms with Crippen LogP contribution >= 0.6 is 0 Å². The van der Waals surface area contributed by atoms with Crippen molar-refractivity contribution in [2.24, 2.45) is 7.05 Å². The first-order valence-corrected chi connectivity index (χ1v) is 11.1. The summed E-state index contributed by atoms with van der Waals surface area (Å²) in [5, 5.41) is 15.7. The lowest BCUT2D eigenvalue weighted by molar-refractivity contribution is -0.384. The molecule has 1 aromatic carbocycles. The van der Waals surface area contributed by atoms with Crippen molar-refractivity contribution in [3.8, 4) is 17.0 Å². The zero-order valence-corrected chi connectivity index (χ0v) is 20.7. The maximum Gasteiger partial charge on any atom is 0.294 e. The van der Waals surface area contributed by atoms with Gasteiger partial charge in [0.15, 0.2) is 5.82 Å². The molecule has 0 amide bonds. The Bertz CT molecular complexity index is 1420. The van der Waals surface area contributed by atoms with E-state index in [9.17, 15) is 14.5 Å². The summed E-state index contributed by atoms with van der Waals surface area (Å²) in [6.45, 7) is 1.29. The molecule has 0 unspecified atom stereocenters. The number of anilines is 3. The van der Waals surface area contributed by atoms with Gasteiger partial charge in [-0.2, -0.15) is 0 Å². The highest BCUT2D eigenvalue weighted by Crippen LogP contribution is 2.39. The minimum absolute atomic E-state index is 0.0549. The van der Waals surface area contributed by atoms with E-state index in [1.165, 1.54) is 13.2 Å². The topological polar surface area (TPSA) is 114 Å². The van der Waals surface area contributed by atoms with Crippen molar-refractivity contribution in [3.05, 3.63) is 58.8 Å². The number of methoxy groups -OCH3 is 1. The van der Waals surface area contributed by atoms with E-state index in [0.29, 0.717) is 30.1 Å². The Kier molecular flexibility index (Phi) is 6.97. The molecular weight excluding hydrogens is 467 g/mol. The van der Waals surface area contributed by atoms with Gasteiger partial charge in [0.1, 0.15) is 22.8 Å². The van der Waals surface area contributed by atoms with Crippen LogP contribution in [0, 0.1) is 15.9 Å². The van der Waals surface area contributed by atoms with Gasteiger partial charge < -0.3 is 24.4 Å². The zero-order chi connectivity index (χ0) is 26.0. The van der Waals surface area contributed by atoms with E-state index < -0.39 is 10.7 Å². The number of nitrogens with one attached hydrogen (secondary N) is 1. The molecule has 0 fully saturated rings. The maximum atomic E-state index is 14.7. The van der Waals surface area contributed by atoms with Crippen molar-refractivity contribution < 1.29 is 14.1 Å². The van der Waals surface area contributed by atoms with Crippen LogP contribution in [0.25, 0.3) is 22.3 Å². The largest absolute Gasteiger partial charge is 0.494 e. The monoisotopic (exact) mass is 494 g/mol. The summed E-state index contributed by atoms with van der Waals surface area (Å²) in [6.07, 6.45) is 4.46. The fourth-order valence-electron chi connectivity index (χ4n) is 3.78. The van der Waals surface area contributed by atoms with E-state index in [2.05, 4.69) is 20.3 Å². The number of ether oxygens (including phenoxy) is 1. The first kappa shape index (κ1) is 24.8. The van der Waals surface area contributed by atoms with Crippen LogP contribution in [0.15, 0.2) is 42.9 Å². The van der Waals surface area contributed by atoms with Gasteiger partial charge >= 0.3 is 0 Å². The number of pyridine rings is 1. The molecule has 0 bridgehead atoms. The lowest BCUT2D eigenvalue weighted by Crippen LogP contribution is -2.28. The smallest absolute Gasteiger partial charge is 0.294 e. The number of halogens is 1. The van der Waals surface area contributed by atoms with E-state index in [4.69, 9.17) is 4.74 Å². The van der Waals surface area contributed by atoms with Crippen molar-refractivity contribution in [2.45, 2.75) is 0 Å². The van der Waals surface area contributed by atoms with Crippen LogP contribution in [0.4, 0.5) is 27.4 Å². The van der Waals surface area contributed by atoms with Gasteiger partial charge in [0.05, 0.1) is 23.9 Å². The molecule has 0 radical (unpaired) electrons. The van der Waals surface area contributed by atoms with Crippen LogP contribution < -0.4 is 15.0 Å². The first-order chi connectivity index (χ1) is 17.2. The second-order valence-electron chi connectivity index (χ2n) is 8.60. The first-order valence-electron chi connectivity index (χ1n) is 11.1. The number of nitro groups is 1. The number of benzene rings is 1. The van der Waals surface area contributed by atoms with Crippen LogP contribution in [0.2, 0.25) is 0 Å². The molecular formula is C24H27FN8O3. The average Bonchev–Trinajstić information content (AvgIpc) is 3.23. The summed E-state index contributed by atoms with van der Waals surface area (Å²) in [4.78, 5) is 27.9. The van der Waals surface area contributed by atoms with Gasteiger partial charge in [-0.05, 0) is 26.2 Å². The molecule has 12 heteroatoms. The second kappa shape index (κ2) is 10.1. The SMILES string of the molecule is COc1cc(N(C)CCN(C)C)c([N+](=O)[O-])cc1Nc1ncc(F)c(-c2cnc3c(ccn3C)c2)n1. The Morgan fingerprint density at radius 3 is 2.64 bits per heavy atom. The summed E-state index contributed by atoms with van der Waals surface area (Å²) in [5.41, 5.74) is 1.88. The molecule has 0 saturated heterocycles. The molecule has 0 aliphatic carbocycles. The van der Waals surface area contributed by atoms with Gasteiger partial charge in [-0.15, -0.1) is 0 Å². The zero-order valence-electron chi connectivity index (χ0n) is 20.7. The van der Waals surface area contributed by atoms with Crippen LogP contribution in [-0.2, 0) is 7.05 Å².